The number of anilines is 1. The van der Waals surface area contributed by atoms with Gasteiger partial charge in [-0.25, -0.2) is 9.78 Å². The number of carboxylic acid groups (broad SMARTS) is 1. The number of nitrogens with zero attached hydrogens (tertiary/aromatic N) is 2. The SMILES string of the molecule is COCCNC(=O)CNc1cc(C(=O)O)c([N+](=O)[O-])cn1. The van der Waals surface area contributed by atoms with E-state index in [1.54, 1.807) is 0 Å². The second-order valence-electron chi connectivity index (χ2n) is 3.85. The van der Waals surface area contributed by atoms with Crippen LogP contribution >= 0.6 is 0 Å². The zero-order chi connectivity index (χ0) is 15.8. The molecule has 10 heteroatoms. The third-order valence-corrected chi connectivity index (χ3v) is 2.37. The van der Waals surface area contributed by atoms with Gasteiger partial charge in [0.2, 0.25) is 5.91 Å². The van der Waals surface area contributed by atoms with Crippen molar-refractivity contribution >= 4 is 23.4 Å². The van der Waals surface area contributed by atoms with Crippen LogP contribution in [0.3, 0.4) is 0 Å². The summed E-state index contributed by atoms with van der Waals surface area (Å²) in [6.07, 6.45) is 0.828. The highest BCUT2D eigenvalue weighted by atomic mass is 16.6. The normalized spacial score (nSPS) is 9.95. The van der Waals surface area contributed by atoms with Gasteiger partial charge in [0, 0.05) is 19.7 Å². The summed E-state index contributed by atoms with van der Waals surface area (Å²) in [6, 6.07) is 1.00. The zero-order valence-electron chi connectivity index (χ0n) is 11.2. The first-order chi connectivity index (χ1) is 9.95. The van der Waals surface area contributed by atoms with E-state index in [1.165, 1.54) is 7.11 Å². The molecule has 3 N–H and O–H groups in total. The number of aromatic carboxylic acids is 1. The Labute approximate surface area is 119 Å². The van der Waals surface area contributed by atoms with E-state index < -0.39 is 22.1 Å². The van der Waals surface area contributed by atoms with Gasteiger partial charge in [0.05, 0.1) is 18.1 Å². The Kier molecular flexibility index (Phi) is 6.01. The number of methoxy groups -OCH3 is 1. The van der Waals surface area contributed by atoms with Crippen molar-refractivity contribution in [2.24, 2.45) is 0 Å². The summed E-state index contributed by atoms with van der Waals surface area (Å²) in [6.45, 7) is 0.559. The maximum absolute atomic E-state index is 11.4. The van der Waals surface area contributed by atoms with E-state index in [9.17, 15) is 19.7 Å². The summed E-state index contributed by atoms with van der Waals surface area (Å²) in [5.74, 6) is -1.74. The Morgan fingerprint density at radius 2 is 2.24 bits per heavy atom. The van der Waals surface area contributed by atoms with Crippen LogP contribution in [0.1, 0.15) is 10.4 Å². The molecule has 114 valence electrons. The van der Waals surface area contributed by atoms with Gasteiger partial charge in [0.1, 0.15) is 17.6 Å². The summed E-state index contributed by atoms with van der Waals surface area (Å²) in [4.78, 5) is 35.9. The van der Waals surface area contributed by atoms with Crippen LogP contribution in [0.4, 0.5) is 11.5 Å². The quantitative estimate of drug-likeness (QED) is 0.342. The molecule has 1 amide bonds. The molecule has 0 aliphatic heterocycles. The molecule has 1 aromatic heterocycles. The lowest BCUT2D eigenvalue weighted by atomic mass is 10.2. The molecule has 0 saturated carbocycles. The van der Waals surface area contributed by atoms with Gasteiger partial charge >= 0.3 is 11.7 Å². The van der Waals surface area contributed by atoms with Gasteiger partial charge in [-0.15, -0.1) is 0 Å². The van der Waals surface area contributed by atoms with Crippen molar-refractivity contribution in [1.29, 1.82) is 0 Å². The summed E-state index contributed by atoms with van der Waals surface area (Å²) in [7, 11) is 1.50. The molecule has 0 spiro atoms. The minimum atomic E-state index is -1.45. The number of ether oxygens (including phenoxy) is 1. The molecule has 0 atom stereocenters. The van der Waals surface area contributed by atoms with Crippen LogP contribution in [-0.4, -0.2) is 53.7 Å². The smallest absolute Gasteiger partial charge is 0.342 e. The van der Waals surface area contributed by atoms with Gasteiger partial charge in [0.25, 0.3) is 0 Å². The minimum absolute atomic E-state index is 0.0555. The number of aromatic nitrogens is 1. The maximum Gasteiger partial charge on any atom is 0.342 e. The summed E-state index contributed by atoms with van der Waals surface area (Å²) in [5.41, 5.74) is -1.12. The third-order valence-electron chi connectivity index (χ3n) is 2.37. The average Bonchev–Trinajstić information content (AvgIpc) is 2.44. The highest BCUT2D eigenvalue weighted by Gasteiger charge is 2.21. The Morgan fingerprint density at radius 1 is 1.52 bits per heavy atom. The van der Waals surface area contributed by atoms with E-state index in [1.807, 2.05) is 0 Å². The first-order valence-corrected chi connectivity index (χ1v) is 5.83. The number of hydrogen-bond donors (Lipinski definition) is 3. The van der Waals surface area contributed by atoms with Crippen LogP contribution in [0.15, 0.2) is 12.3 Å². The van der Waals surface area contributed by atoms with Crippen molar-refractivity contribution in [3.63, 3.8) is 0 Å². The number of rotatable bonds is 8. The fourth-order valence-electron chi connectivity index (χ4n) is 1.39. The first kappa shape index (κ1) is 16.3. The zero-order valence-corrected chi connectivity index (χ0v) is 11.2. The molecule has 0 saturated heterocycles. The molecular weight excluding hydrogens is 284 g/mol. The van der Waals surface area contributed by atoms with E-state index in [0.29, 0.717) is 13.2 Å². The molecule has 0 aliphatic carbocycles. The molecular formula is C11H14N4O6. The fourth-order valence-corrected chi connectivity index (χ4v) is 1.39. The van der Waals surface area contributed by atoms with Crippen molar-refractivity contribution in [2.75, 3.05) is 32.1 Å². The third kappa shape index (κ3) is 5.03. The molecule has 21 heavy (non-hydrogen) atoms. The highest BCUT2D eigenvalue weighted by Crippen LogP contribution is 2.19. The molecule has 0 fully saturated rings. The lowest BCUT2D eigenvalue weighted by Gasteiger charge is -2.07. The number of amides is 1. The average molecular weight is 298 g/mol. The summed E-state index contributed by atoms with van der Waals surface area (Å²) in [5, 5.41) is 24.7. The molecule has 0 radical (unpaired) electrons. The van der Waals surface area contributed by atoms with Crippen molar-refractivity contribution in [2.45, 2.75) is 0 Å². The predicted molar refractivity (Wildman–Crippen MR) is 71.2 cm³/mol. The maximum atomic E-state index is 11.4. The molecule has 1 aromatic rings. The summed E-state index contributed by atoms with van der Waals surface area (Å²) < 4.78 is 4.76. The van der Waals surface area contributed by atoms with Crippen LogP contribution in [0.5, 0.6) is 0 Å². The van der Waals surface area contributed by atoms with Gasteiger partial charge in [-0.05, 0) is 0 Å². The lowest BCUT2D eigenvalue weighted by Crippen LogP contribution is -2.32. The first-order valence-electron chi connectivity index (χ1n) is 5.83. The topological polar surface area (TPSA) is 144 Å². The largest absolute Gasteiger partial charge is 0.477 e. The number of nitro groups is 1. The van der Waals surface area contributed by atoms with Gasteiger partial charge < -0.3 is 20.5 Å². The van der Waals surface area contributed by atoms with E-state index in [2.05, 4.69) is 15.6 Å². The Balaban J connectivity index is 2.68. The minimum Gasteiger partial charge on any atom is -0.477 e. The van der Waals surface area contributed by atoms with Crippen molar-refractivity contribution in [3.05, 3.63) is 27.9 Å². The fraction of sp³-hybridized carbons (Fsp3) is 0.364. The van der Waals surface area contributed by atoms with E-state index >= 15 is 0 Å². The molecule has 10 nitrogen and oxygen atoms in total. The van der Waals surface area contributed by atoms with E-state index in [-0.39, 0.29) is 18.3 Å². The predicted octanol–water partition coefficient (Wildman–Crippen LogP) is -0.137. The number of nitrogens with one attached hydrogen (secondary N) is 2. The van der Waals surface area contributed by atoms with Crippen molar-refractivity contribution < 1.29 is 24.4 Å². The molecule has 0 aromatic carbocycles. The van der Waals surface area contributed by atoms with Crippen LogP contribution in [-0.2, 0) is 9.53 Å². The number of carbonyl (C=O) groups excluding carboxylic acids is 1. The number of carbonyl (C=O) groups is 2. The van der Waals surface area contributed by atoms with Gasteiger partial charge in [-0.1, -0.05) is 0 Å². The van der Waals surface area contributed by atoms with Crippen molar-refractivity contribution in [3.8, 4) is 0 Å². The van der Waals surface area contributed by atoms with Gasteiger partial charge in [-0.2, -0.15) is 0 Å². The lowest BCUT2D eigenvalue weighted by molar-refractivity contribution is -0.385. The molecule has 0 unspecified atom stereocenters. The van der Waals surface area contributed by atoms with Gasteiger partial charge in [-0.3, -0.25) is 14.9 Å². The Hall–Kier alpha value is -2.75. The monoisotopic (exact) mass is 298 g/mol. The molecule has 0 aliphatic rings. The number of pyridine rings is 1. The molecule has 1 rings (SSSR count). The second kappa shape index (κ2) is 7.75. The number of carboxylic acids is 1. The molecule has 1 heterocycles. The van der Waals surface area contributed by atoms with Crippen LogP contribution in [0, 0.1) is 10.1 Å². The van der Waals surface area contributed by atoms with Crippen LogP contribution in [0.25, 0.3) is 0 Å². The Bertz CT molecular complexity index is 548. The van der Waals surface area contributed by atoms with Gasteiger partial charge in [0.15, 0.2) is 0 Å². The standard InChI is InChI=1S/C11H14N4O6/c1-21-3-2-12-10(16)6-14-9-4-7(11(17)18)8(5-13-9)15(19)20/h4-5H,2-3,6H2,1H3,(H,12,16)(H,13,14)(H,17,18). The van der Waals surface area contributed by atoms with Crippen LogP contribution in [0.2, 0.25) is 0 Å². The highest BCUT2D eigenvalue weighted by molar-refractivity contribution is 5.93. The Morgan fingerprint density at radius 3 is 2.81 bits per heavy atom. The van der Waals surface area contributed by atoms with E-state index in [4.69, 9.17) is 9.84 Å². The second-order valence-corrected chi connectivity index (χ2v) is 3.85. The summed E-state index contributed by atoms with van der Waals surface area (Å²) >= 11 is 0. The van der Waals surface area contributed by atoms with Crippen LogP contribution < -0.4 is 10.6 Å². The molecule has 0 bridgehead atoms. The van der Waals surface area contributed by atoms with E-state index in [0.717, 1.165) is 12.3 Å². The number of hydrogen-bond acceptors (Lipinski definition) is 7. The van der Waals surface area contributed by atoms with Crippen molar-refractivity contribution in [1.82, 2.24) is 10.3 Å².